The summed E-state index contributed by atoms with van der Waals surface area (Å²) < 4.78 is 0. The van der Waals surface area contributed by atoms with Gasteiger partial charge in [0, 0.05) is 11.6 Å². The number of nitriles is 1. The molecule has 1 aromatic heterocycles. The Morgan fingerprint density at radius 2 is 1.95 bits per heavy atom. The first-order chi connectivity index (χ1) is 9.27. The van der Waals surface area contributed by atoms with Crippen molar-refractivity contribution in [3.63, 3.8) is 0 Å². The van der Waals surface area contributed by atoms with E-state index in [0.29, 0.717) is 0 Å². The summed E-state index contributed by atoms with van der Waals surface area (Å²) in [6.45, 7) is 0. The molecular weight excluding hydrogens is 236 g/mol. The van der Waals surface area contributed by atoms with E-state index in [-0.39, 0.29) is 0 Å². The fourth-order valence-corrected chi connectivity index (χ4v) is 3.11. The predicted octanol–water partition coefficient (Wildman–Crippen LogP) is 3.35. The van der Waals surface area contributed by atoms with Gasteiger partial charge in [0.25, 0.3) is 0 Å². The van der Waals surface area contributed by atoms with E-state index in [0.717, 1.165) is 42.1 Å². The monoisotopic (exact) mass is 252 g/mol. The molecule has 3 heteroatoms. The zero-order chi connectivity index (χ0) is 13.3. The molecule has 1 aromatic carbocycles. The zero-order valence-electron chi connectivity index (χ0n) is 10.7. The number of hydrogen-bond acceptors (Lipinski definition) is 3. The van der Waals surface area contributed by atoms with Crippen LogP contribution in [-0.2, 0) is 0 Å². The van der Waals surface area contributed by atoms with Gasteiger partial charge in [-0.2, -0.15) is 5.26 Å². The summed E-state index contributed by atoms with van der Waals surface area (Å²) in [6, 6.07) is 12.0. The molecule has 0 bridgehead atoms. The number of aliphatic hydroxyl groups is 1. The summed E-state index contributed by atoms with van der Waals surface area (Å²) >= 11 is 0. The number of rotatable bonds is 2. The van der Waals surface area contributed by atoms with E-state index in [9.17, 15) is 10.4 Å². The second-order valence-electron chi connectivity index (χ2n) is 5.29. The van der Waals surface area contributed by atoms with Gasteiger partial charge in [0.2, 0.25) is 0 Å². The van der Waals surface area contributed by atoms with Gasteiger partial charge >= 0.3 is 0 Å². The summed E-state index contributed by atoms with van der Waals surface area (Å²) in [5.74, 6) is 0. The van der Waals surface area contributed by atoms with Gasteiger partial charge in [-0.1, -0.05) is 31.0 Å². The Labute approximate surface area is 112 Å². The van der Waals surface area contributed by atoms with Crippen molar-refractivity contribution in [2.45, 2.75) is 31.8 Å². The molecule has 1 atom stereocenters. The lowest BCUT2D eigenvalue weighted by Gasteiger charge is -2.27. The Bertz CT molecular complexity index is 633. The van der Waals surface area contributed by atoms with Crippen molar-refractivity contribution >= 4 is 10.9 Å². The highest BCUT2D eigenvalue weighted by Gasteiger charge is 2.42. The van der Waals surface area contributed by atoms with E-state index in [1.165, 1.54) is 0 Å². The molecule has 96 valence electrons. The summed E-state index contributed by atoms with van der Waals surface area (Å²) in [4.78, 5) is 4.31. The third-order valence-corrected chi connectivity index (χ3v) is 4.22. The van der Waals surface area contributed by atoms with Crippen molar-refractivity contribution in [2.24, 2.45) is 5.41 Å². The number of nitrogens with zero attached hydrogens (tertiary/aromatic N) is 2. The number of pyridine rings is 1. The normalized spacial score (nSPS) is 19.2. The molecule has 1 saturated carbocycles. The van der Waals surface area contributed by atoms with Crippen LogP contribution in [-0.4, -0.2) is 10.1 Å². The fourth-order valence-electron chi connectivity index (χ4n) is 3.11. The van der Waals surface area contributed by atoms with Crippen LogP contribution in [0.1, 0.15) is 37.4 Å². The highest BCUT2D eigenvalue weighted by molar-refractivity contribution is 5.82. The average Bonchev–Trinajstić information content (AvgIpc) is 2.96. The lowest BCUT2D eigenvalue weighted by atomic mass is 9.78. The van der Waals surface area contributed by atoms with Crippen molar-refractivity contribution in [1.82, 2.24) is 4.98 Å². The van der Waals surface area contributed by atoms with Crippen LogP contribution in [0.4, 0.5) is 0 Å². The molecule has 2 aromatic rings. The van der Waals surface area contributed by atoms with Crippen LogP contribution in [0.5, 0.6) is 0 Å². The van der Waals surface area contributed by atoms with E-state index in [1.54, 1.807) is 6.20 Å². The van der Waals surface area contributed by atoms with E-state index in [4.69, 9.17) is 0 Å². The van der Waals surface area contributed by atoms with Crippen LogP contribution < -0.4 is 0 Å². The van der Waals surface area contributed by atoms with Crippen molar-refractivity contribution in [1.29, 1.82) is 5.26 Å². The third-order valence-electron chi connectivity index (χ3n) is 4.22. The Hall–Kier alpha value is -1.92. The molecule has 19 heavy (non-hydrogen) atoms. The molecule has 1 aliphatic carbocycles. The van der Waals surface area contributed by atoms with Crippen LogP contribution in [0.2, 0.25) is 0 Å². The van der Waals surface area contributed by atoms with Crippen molar-refractivity contribution in [3.8, 4) is 6.07 Å². The Morgan fingerprint density at radius 1 is 1.21 bits per heavy atom. The van der Waals surface area contributed by atoms with Crippen LogP contribution in [0, 0.1) is 16.7 Å². The molecule has 0 amide bonds. The maximum absolute atomic E-state index is 10.7. The standard InChI is InChI=1S/C16H16N2O/c17-11-16(8-3-4-9-16)15(19)13-7-10-18-14-6-2-1-5-12(13)14/h1-2,5-7,10,15,19H,3-4,8-9H2. The topological polar surface area (TPSA) is 56.9 Å². The van der Waals surface area contributed by atoms with Crippen molar-refractivity contribution in [3.05, 3.63) is 42.1 Å². The van der Waals surface area contributed by atoms with Gasteiger partial charge < -0.3 is 5.11 Å². The van der Waals surface area contributed by atoms with E-state index < -0.39 is 11.5 Å². The van der Waals surface area contributed by atoms with Gasteiger partial charge in [-0.3, -0.25) is 4.98 Å². The van der Waals surface area contributed by atoms with Gasteiger partial charge in [0.1, 0.15) is 0 Å². The zero-order valence-corrected chi connectivity index (χ0v) is 10.7. The molecule has 1 unspecified atom stereocenters. The van der Waals surface area contributed by atoms with E-state index in [2.05, 4.69) is 11.1 Å². The van der Waals surface area contributed by atoms with E-state index in [1.807, 2.05) is 30.3 Å². The molecule has 3 rings (SSSR count). The van der Waals surface area contributed by atoms with Gasteiger partial charge in [0.05, 0.1) is 23.1 Å². The minimum Gasteiger partial charge on any atom is -0.387 e. The molecule has 1 aliphatic rings. The number of fused-ring (bicyclic) bond motifs is 1. The first kappa shape index (κ1) is 12.1. The third kappa shape index (κ3) is 1.89. The lowest BCUT2D eigenvalue weighted by Crippen LogP contribution is -2.24. The van der Waals surface area contributed by atoms with Gasteiger partial charge in [-0.15, -0.1) is 0 Å². The molecular formula is C16H16N2O. The van der Waals surface area contributed by atoms with Crippen LogP contribution in [0.15, 0.2) is 36.5 Å². The van der Waals surface area contributed by atoms with Crippen LogP contribution in [0.25, 0.3) is 10.9 Å². The molecule has 1 fully saturated rings. The average molecular weight is 252 g/mol. The maximum Gasteiger partial charge on any atom is 0.0983 e. The number of benzene rings is 1. The molecule has 1 N–H and O–H groups in total. The number of hydrogen-bond donors (Lipinski definition) is 1. The lowest BCUT2D eigenvalue weighted by molar-refractivity contribution is 0.0683. The largest absolute Gasteiger partial charge is 0.387 e. The second kappa shape index (κ2) is 4.64. The van der Waals surface area contributed by atoms with Crippen LogP contribution in [0.3, 0.4) is 0 Å². The molecule has 0 spiro atoms. The summed E-state index contributed by atoms with van der Waals surface area (Å²) in [6.07, 6.45) is 4.58. The number of aromatic nitrogens is 1. The smallest absolute Gasteiger partial charge is 0.0983 e. The minimum atomic E-state index is -0.729. The molecule has 0 radical (unpaired) electrons. The molecule has 1 heterocycles. The highest BCUT2D eigenvalue weighted by atomic mass is 16.3. The molecule has 3 nitrogen and oxygen atoms in total. The van der Waals surface area contributed by atoms with Crippen molar-refractivity contribution in [2.75, 3.05) is 0 Å². The maximum atomic E-state index is 10.7. The van der Waals surface area contributed by atoms with Crippen LogP contribution >= 0.6 is 0 Å². The summed E-state index contributed by atoms with van der Waals surface area (Å²) in [5.41, 5.74) is 1.07. The van der Waals surface area contributed by atoms with Crippen molar-refractivity contribution < 1.29 is 5.11 Å². The summed E-state index contributed by atoms with van der Waals surface area (Å²) in [5, 5.41) is 21.2. The Morgan fingerprint density at radius 3 is 2.68 bits per heavy atom. The highest BCUT2D eigenvalue weighted by Crippen LogP contribution is 2.48. The second-order valence-corrected chi connectivity index (χ2v) is 5.29. The SMILES string of the molecule is N#CC1(C(O)c2ccnc3ccccc23)CCCC1. The number of para-hydroxylation sites is 1. The van der Waals surface area contributed by atoms with E-state index >= 15 is 0 Å². The van der Waals surface area contributed by atoms with Gasteiger partial charge in [-0.25, -0.2) is 0 Å². The molecule has 0 saturated heterocycles. The van der Waals surface area contributed by atoms with Gasteiger partial charge in [-0.05, 0) is 30.5 Å². The Kier molecular flexibility index (Phi) is 2.96. The minimum absolute atomic E-state index is 0.621. The first-order valence-electron chi connectivity index (χ1n) is 6.70. The quantitative estimate of drug-likeness (QED) is 0.891. The van der Waals surface area contributed by atoms with Gasteiger partial charge in [0.15, 0.2) is 0 Å². The summed E-state index contributed by atoms with van der Waals surface area (Å²) in [7, 11) is 0. The fraction of sp³-hybridized carbons (Fsp3) is 0.375. The predicted molar refractivity (Wildman–Crippen MR) is 73.2 cm³/mol. The molecule has 0 aliphatic heterocycles. The first-order valence-corrected chi connectivity index (χ1v) is 6.70. The Balaban J connectivity index is 2.12. The number of aliphatic hydroxyl groups excluding tert-OH is 1.